The maximum Gasteiger partial charge on any atom is 0.413 e. The van der Waals surface area contributed by atoms with E-state index in [2.05, 4.69) is 16.9 Å². The fraction of sp³-hybridized carbons (Fsp3) is 0.0833. The minimum Gasteiger partial charge on any atom is -0.478 e. The van der Waals surface area contributed by atoms with E-state index < -0.39 is 12.1 Å². The maximum absolute atomic E-state index is 11.3. The predicted octanol–water partition coefficient (Wildman–Crippen LogP) is 2.73. The molecule has 0 aliphatic heterocycles. The molecule has 19 heavy (non-hydrogen) atoms. The number of hydrogen-bond acceptors (Lipinski definition) is 5. The Balaban J connectivity index is 2.19. The third-order valence-corrected chi connectivity index (χ3v) is 3.11. The van der Waals surface area contributed by atoms with Crippen molar-refractivity contribution in [2.24, 2.45) is 0 Å². The second kappa shape index (κ2) is 5.49. The molecule has 0 aliphatic carbocycles. The number of rotatable bonds is 4. The summed E-state index contributed by atoms with van der Waals surface area (Å²) >= 11 is 1.18. The summed E-state index contributed by atoms with van der Waals surface area (Å²) in [7, 11) is 0. The third kappa shape index (κ3) is 3.08. The number of carbonyl (C=O) groups excluding carboxylic acids is 1. The van der Waals surface area contributed by atoms with Gasteiger partial charge in [-0.2, -0.15) is 0 Å². The largest absolute Gasteiger partial charge is 0.478 e. The van der Waals surface area contributed by atoms with Crippen molar-refractivity contribution < 1.29 is 19.4 Å². The van der Waals surface area contributed by atoms with Crippen molar-refractivity contribution in [2.75, 3.05) is 11.9 Å². The van der Waals surface area contributed by atoms with E-state index in [4.69, 9.17) is 9.84 Å². The zero-order chi connectivity index (χ0) is 13.8. The van der Waals surface area contributed by atoms with Crippen molar-refractivity contribution >= 4 is 38.7 Å². The Kier molecular flexibility index (Phi) is 3.76. The maximum atomic E-state index is 11.3. The Morgan fingerprint density at radius 3 is 3.00 bits per heavy atom. The Hall–Kier alpha value is -2.41. The fourth-order valence-corrected chi connectivity index (χ4v) is 2.26. The van der Waals surface area contributed by atoms with Crippen molar-refractivity contribution in [1.82, 2.24) is 4.98 Å². The Bertz CT molecular complexity index is 650. The number of aromatic nitrogens is 1. The number of carboxylic acid groups (broad SMARTS) is 1. The molecule has 0 atom stereocenters. The molecular formula is C12H10N2O4S. The first-order valence-electron chi connectivity index (χ1n) is 5.28. The van der Waals surface area contributed by atoms with Crippen molar-refractivity contribution in [3.05, 3.63) is 36.4 Å². The summed E-state index contributed by atoms with van der Waals surface area (Å²) in [5, 5.41) is 11.7. The molecule has 2 N–H and O–H groups in total. The van der Waals surface area contributed by atoms with Gasteiger partial charge in [-0.3, -0.25) is 5.32 Å². The summed E-state index contributed by atoms with van der Waals surface area (Å²) < 4.78 is 5.44. The van der Waals surface area contributed by atoms with Gasteiger partial charge in [-0.15, -0.1) is 0 Å². The van der Waals surface area contributed by atoms with Crippen LogP contribution in [-0.2, 0) is 4.74 Å². The Morgan fingerprint density at radius 2 is 2.32 bits per heavy atom. The molecule has 1 aromatic carbocycles. The monoisotopic (exact) mass is 278 g/mol. The predicted molar refractivity (Wildman–Crippen MR) is 71.7 cm³/mol. The second-order valence-electron chi connectivity index (χ2n) is 3.52. The van der Waals surface area contributed by atoms with E-state index >= 15 is 0 Å². The summed E-state index contributed by atoms with van der Waals surface area (Å²) in [5.74, 6) is -1.00. The number of benzene rings is 1. The zero-order valence-corrected chi connectivity index (χ0v) is 10.6. The summed E-state index contributed by atoms with van der Waals surface area (Å²) in [6, 6.07) is 4.56. The van der Waals surface area contributed by atoms with Crippen LogP contribution in [0.1, 0.15) is 10.4 Å². The van der Waals surface area contributed by atoms with E-state index in [1.54, 1.807) is 6.07 Å². The summed E-state index contributed by atoms with van der Waals surface area (Å²) in [5.41, 5.74) is 0.797. The van der Waals surface area contributed by atoms with Crippen LogP contribution in [-0.4, -0.2) is 28.8 Å². The molecule has 0 radical (unpaired) electrons. The number of nitrogens with zero attached hydrogens (tertiary/aromatic N) is 1. The number of carboxylic acids is 1. The van der Waals surface area contributed by atoms with Gasteiger partial charge in [0, 0.05) is 0 Å². The van der Waals surface area contributed by atoms with Gasteiger partial charge in [-0.05, 0) is 18.2 Å². The van der Waals surface area contributed by atoms with Gasteiger partial charge in [0.25, 0.3) is 0 Å². The van der Waals surface area contributed by atoms with Crippen LogP contribution < -0.4 is 5.32 Å². The van der Waals surface area contributed by atoms with Gasteiger partial charge < -0.3 is 9.84 Å². The fourth-order valence-electron chi connectivity index (χ4n) is 1.37. The molecule has 0 saturated carbocycles. The molecule has 0 saturated heterocycles. The molecule has 0 unspecified atom stereocenters. The van der Waals surface area contributed by atoms with Gasteiger partial charge in [0.15, 0.2) is 5.13 Å². The van der Waals surface area contributed by atoms with E-state index in [9.17, 15) is 9.59 Å². The van der Waals surface area contributed by atoms with Gasteiger partial charge in [0.05, 0.1) is 15.8 Å². The van der Waals surface area contributed by atoms with Crippen LogP contribution in [0.4, 0.5) is 9.93 Å². The lowest BCUT2D eigenvalue weighted by atomic mass is 10.2. The number of fused-ring (bicyclic) bond motifs is 1. The molecule has 7 heteroatoms. The van der Waals surface area contributed by atoms with Gasteiger partial charge in [-0.1, -0.05) is 24.0 Å². The number of carbonyl (C=O) groups is 2. The molecule has 1 aromatic heterocycles. The Labute approximate surface area is 112 Å². The lowest BCUT2D eigenvalue weighted by Gasteiger charge is -2.00. The minimum absolute atomic E-state index is 0.111. The standard InChI is InChI=1S/C12H10N2O4S/c1-2-5-18-12(17)14-11-13-8-4-3-7(10(15)16)6-9(8)19-11/h2-4,6H,1,5H2,(H,15,16)(H,13,14,17). The summed E-state index contributed by atoms with van der Waals surface area (Å²) in [4.78, 5) is 26.3. The highest BCUT2D eigenvalue weighted by atomic mass is 32.1. The van der Waals surface area contributed by atoms with Crippen LogP contribution in [0, 0.1) is 0 Å². The first kappa shape index (κ1) is 13.0. The number of amides is 1. The highest BCUT2D eigenvalue weighted by Gasteiger charge is 2.10. The lowest BCUT2D eigenvalue weighted by Crippen LogP contribution is -2.13. The van der Waals surface area contributed by atoms with Crippen molar-refractivity contribution in [3.8, 4) is 0 Å². The average molecular weight is 278 g/mol. The highest BCUT2D eigenvalue weighted by molar-refractivity contribution is 7.22. The Morgan fingerprint density at radius 1 is 1.53 bits per heavy atom. The molecule has 0 bridgehead atoms. The van der Waals surface area contributed by atoms with Crippen LogP contribution in [0.25, 0.3) is 10.2 Å². The van der Waals surface area contributed by atoms with Crippen LogP contribution in [0.15, 0.2) is 30.9 Å². The zero-order valence-electron chi connectivity index (χ0n) is 9.75. The smallest absolute Gasteiger partial charge is 0.413 e. The van der Waals surface area contributed by atoms with Crippen LogP contribution in [0.2, 0.25) is 0 Å². The topological polar surface area (TPSA) is 88.5 Å². The van der Waals surface area contributed by atoms with Gasteiger partial charge >= 0.3 is 12.1 Å². The van der Waals surface area contributed by atoms with E-state index in [1.165, 1.54) is 29.5 Å². The molecule has 2 aromatic rings. The molecule has 1 amide bonds. The first-order valence-corrected chi connectivity index (χ1v) is 6.10. The average Bonchev–Trinajstić information content (AvgIpc) is 2.77. The van der Waals surface area contributed by atoms with Crippen molar-refractivity contribution in [2.45, 2.75) is 0 Å². The van der Waals surface area contributed by atoms with Crippen molar-refractivity contribution in [3.63, 3.8) is 0 Å². The van der Waals surface area contributed by atoms with Gasteiger partial charge in [-0.25, -0.2) is 14.6 Å². The molecule has 0 aliphatic rings. The quantitative estimate of drug-likeness (QED) is 0.839. The van der Waals surface area contributed by atoms with E-state index in [0.717, 1.165) is 0 Å². The molecule has 98 valence electrons. The normalized spacial score (nSPS) is 10.1. The lowest BCUT2D eigenvalue weighted by molar-refractivity contribution is 0.0697. The summed E-state index contributed by atoms with van der Waals surface area (Å²) in [6.07, 6.45) is 0.828. The van der Waals surface area contributed by atoms with Crippen molar-refractivity contribution in [1.29, 1.82) is 0 Å². The number of anilines is 1. The number of ether oxygens (including phenoxy) is 1. The number of nitrogens with one attached hydrogen (secondary N) is 1. The molecular weight excluding hydrogens is 268 g/mol. The van der Waals surface area contributed by atoms with Gasteiger partial charge in [0.1, 0.15) is 6.61 Å². The molecule has 0 spiro atoms. The number of thiazole rings is 1. The van der Waals surface area contributed by atoms with Crippen LogP contribution in [0.3, 0.4) is 0 Å². The second-order valence-corrected chi connectivity index (χ2v) is 4.55. The molecule has 6 nitrogen and oxygen atoms in total. The molecule has 2 rings (SSSR count). The van der Waals surface area contributed by atoms with E-state index in [0.29, 0.717) is 15.3 Å². The number of hydrogen-bond donors (Lipinski definition) is 2. The van der Waals surface area contributed by atoms with Crippen LogP contribution in [0.5, 0.6) is 0 Å². The number of aromatic carboxylic acids is 1. The minimum atomic E-state index is -1.00. The van der Waals surface area contributed by atoms with Gasteiger partial charge in [0.2, 0.25) is 0 Å². The van der Waals surface area contributed by atoms with Crippen LogP contribution >= 0.6 is 11.3 Å². The van der Waals surface area contributed by atoms with E-state index in [1.807, 2.05) is 0 Å². The summed E-state index contributed by atoms with van der Waals surface area (Å²) in [6.45, 7) is 3.54. The molecule has 1 heterocycles. The third-order valence-electron chi connectivity index (χ3n) is 2.18. The highest BCUT2D eigenvalue weighted by Crippen LogP contribution is 2.26. The molecule has 0 fully saturated rings. The van der Waals surface area contributed by atoms with E-state index in [-0.39, 0.29) is 12.2 Å². The first-order chi connectivity index (χ1) is 9.10. The SMILES string of the molecule is C=CCOC(=O)Nc1nc2ccc(C(=O)O)cc2s1.